The van der Waals surface area contributed by atoms with Crippen LogP contribution in [0.1, 0.15) is 80.2 Å². The molecule has 0 aliphatic rings. The highest BCUT2D eigenvalue weighted by molar-refractivity contribution is 5.98. The van der Waals surface area contributed by atoms with Gasteiger partial charge in [0, 0.05) is 12.8 Å². The van der Waals surface area contributed by atoms with Gasteiger partial charge in [0.15, 0.2) is 12.1 Å². The number of benzene rings is 1. The van der Waals surface area contributed by atoms with Gasteiger partial charge in [-0.3, -0.25) is 43.7 Å². The molecule has 0 spiro atoms. The fraction of sp³-hybridized carbons (Fsp3) is 0.659. The van der Waals surface area contributed by atoms with E-state index in [2.05, 4.69) is 53.6 Å². The van der Waals surface area contributed by atoms with E-state index in [1.807, 2.05) is 0 Å². The van der Waals surface area contributed by atoms with Crippen LogP contribution < -0.4 is 65.1 Å². The van der Waals surface area contributed by atoms with Gasteiger partial charge < -0.3 is 80.2 Å². The lowest BCUT2D eigenvalue weighted by molar-refractivity contribution is -0.405. The molecule has 0 aliphatic carbocycles. The Labute approximate surface area is 402 Å². The summed E-state index contributed by atoms with van der Waals surface area (Å²) in [5, 5.41) is 62.0. The van der Waals surface area contributed by atoms with E-state index in [0.29, 0.717) is 31.4 Å². The Bertz CT molecular complexity index is 1860. The van der Waals surface area contributed by atoms with Gasteiger partial charge in [-0.05, 0) is 50.1 Å². The largest absolute Gasteiger partial charge is 0.480 e. The number of aliphatic carboxylic acids is 1. The molecule has 69 heavy (non-hydrogen) atoms. The minimum Gasteiger partial charge on any atom is -0.480 e. The number of aliphatic hydroxyl groups is 3. The molecule has 1 aromatic rings. The van der Waals surface area contributed by atoms with Crippen molar-refractivity contribution in [2.45, 2.75) is 148 Å². The summed E-state index contributed by atoms with van der Waals surface area (Å²) < 4.78 is 0. The zero-order valence-electron chi connectivity index (χ0n) is 40.7. The van der Waals surface area contributed by atoms with E-state index in [1.54, 1.807) is 71.9 Å². The van der Waals surface area contributed by atoms with Gasteiger partial charge in [-0.1, -0.05) is 78.3 Å². The van der Waals surface area contributed by atoms with Crippen LogP contribution in [-0.4, -0.2) is 160 Å². The first-order valence-electron chi connectivity index (χ1n) is 23.0. The minimum atomic E-state index is -1.73. The Balaban J connectivity index is 3.15. The highest BCUT2D eigenvalue weighted by atomic mass is 16.4. The van der Waals surface area contributed by atoms with E-state index in [4.69, 9.17) is 11.5 Å². The number of carboxylic acid groups (broad SMARTS) is 1. The maximum atomic E-state index is 14.0. The molecule has 0 aliphatic heterocycles. The standard InChI is InChI=1S/C44H76N12O13/c1-9-23(6)33(42(67)56-34(25(8)59)43(68)69)55-37(62)28(18-26-14-11-10-12-15-26)50-41(66)32(22(4)5)54-39(64)30(20-58)52-38(63)29(19-57)51-35(60)24(7)49-40(65)31(21(2)3)53-36(61)27(45)16-13-17-48-44(46)47/h10-12,14-15,21-25,27-34,44,48,57-59H,9,13,16-20,45-47H2,1-8H3,(H,49,65)(H,50,66)(H,51,60)(H,52,63)(H,53,61)(H,54,64)(H,55,62)(H,56,67)(H,68,69)/p+1/t23-,24-,25+,27-,28-,29-,30-,31-,32-,33-,34-/m0/s1. The normalized spacial score (nSPS) is 16.2. The highest BCUT2D eigenvalue weighted by Crippen LogP contribution is 2.13. The predicted octanol–water partition coefficient (Wildman–Crippen LogP) is -5.88. The second-order valence-electron chi connectivity index (χ2n) is 17.7. The van der Waals surface area contributed by atoms with Gasteiger partial charge in [0.25, 0.3) is 5.91 Å². The van der Waals surface area contributed by atoms with Gasteiger partial charge >= 0.3 is 5.97 Å². The molecule has 1 aromatic carbocycles. The fourth-order valence-corrected chi connectivity index (χ4v) is 6.58. The summed E-state index contributed by atoms with van der Waals surface area (Å²) in [6.45, 7) is 10.8. The molecule has 1 rings (SSSR count). The van der Waals surface area contributed by atoms with Crippen LogP contribution in [0.5, 0.6) is 0 Å². The van der Waals surface area contributed by atoms with Gasteiger partial charge in [-0.15, -0.1) is 0 Å². The smallest absolute Gasteiger partial charge is 0.328 e. The van der Waals surface area contributed by atoms with Crippen molar-refractivity contribution in [3.8, 4) is 0 Å². The average Bonchev–Trinajstić information content (AvgIpc) is 3.28. The first-order valence-corrected chi connectivity index (χ1v) is 23.0. The van der Waals surface area contributed by atoms with Gasteiger partial charge in [0.2, 0.25) is 41.4 Å². The Morgan fingerprint density at radius 1 is 0.580 bits per heavy atom. The van der Waals surface area contributed by atoms with Crippen LogP contribution in [0.2, 0.25) is 0 Å². The lowest BCUT2D eigenvalue weighted by Crippen LogP contribution is -2.69. The summed E-state index contributed by atoms with van der Waals surface area (Å²) in [5.41, 5.74) is 15.3. The molecule has 0 saturated heterocycles. The van der Waals surface area contributed by atoms with Crippen molar-refractivity contribution in [2.75, 3.05) is 19.8 Å². The zero-order chi connectivity index (χ0) is 52.7. The molecule has 0 unspecified atom stereocenters. The molecule has 0 fully saturated rings. The molecule has 25 nitrogen and oxygen atoms in total. The fourth-order valence-electron chi connectivity index (χ4n) is 6.58. The Morgan fingerprint density at radius 2 is 1.01 bits per heavy atom. The van der Waals surface area contributed by atoms with Gasteiger partial charge in [-0.25, -0.2) is 4.79 Å². The summed E-state index contributed by atoms with van der Waals surface area (Å²) in [5.74, 6) is -10.0. The maximum Gasteiger partial charge on any atom is 0.328 e. The third kappa shape index (κ3) is 21.1. The molecule has 0 saturated carbocycles. The monoisotopic (exact) mass is 982 g/mol. The third-order valence-corrected chi connectivity index (χ3v) is 11.1. The van der Waals surface area contributed by atoms with Crippen molar-refractivity contribution in [3.63, 3.8) is 0 Å². The summed E-state index contributed by atoms with van der Waals surface area (Å²) in [4.78, 5) is 119. The first kappa shape index (κ1) is 61.2. The molecular formula is C44H77N12O13+. The Hall–Kier alpha value is -5.83. The van der Waals surface area contributed by atoms with E-state index < -0.39 is 151 Å². The van der Waals surface area contributed by atoms with Crippen molar-refractivity contribution < 1.29 is 69.3 Å². The summed E-state index contributed by atoms with van der Waals surface area (Å²) in [6, 6.07) is -3.74. The van der Waals surface area contributed by atoms with Crippen LogP contribution in [0.25, 0.3) is 0 Å². The number of carboxylic acids is 1. The number of hydrogen-bond donors (Lipinski definition) is 16. The van der Waals surface area contributed by atoms with Crippen molar-refractivity contribution in [2.24, 2.45) is 29.2 Å². The number of quaternary nitrogens is 1. The van der Waals surface area contributed by atoms with Crippen LogP contribution in [-0.2, 0) is 49.6 Å². The quantitative estimate of drug-likeness (QED) is 0.0243. The number of nitrogens with two attached hydrogens (primary N) is 2. The van der Waals surface area contributed by atoms with Crippen LogP contribution in [0, 0.1) is 17.8 Å². The second kappa shape index (κ2) is 30.6. The van der Waals surface area contributed by atoms with Crippen LogP contribution in [0.15, 0.2) is 30.3 Å². The van der Waals surface area contributed by atoms with Crippen molar-refractivity contribution in [1.82, 2.24) is 47.9 Å². The lowest BCUT2D eigenvalue weighted by Gasteiger charge is -2.30. The number of carbonyl (C=O) groups is 9. The van der Waals surface area contributed by atoms with E-state index in [-0.39, 0.29) is 6.42 Å². The number of rotatable bonds is 31. The molecule has 0 bridgehead atoms. The summed E-state index contributed by atoms with van der Waals surface area (Å²) in [7, 11) is 0. The van der Waals surface area contributed by atoms with Gasteiger partial charge in [-0.2, -0.15) is 0 Å². The zero-order valence-corrected chi connectivity index (χ0v) is 40.7. The number of aliphatic hydroxyl groups excluding tert-OH is 3. The third-order valence-electron chi connectivity index (χ3n) is 11.1. The van der Waals surface area contributed by atoms with Crippen LogP contribution in [0.4, 0.5) is 0 Å². The average molecular weight is 982 g/mol. The first-order chi connectivity index (χ1) is 32.3. The number of amides is 8. The summed E-state index contributed by atoms with van der Waals surface area (Å²) >= 11 is 0. The molecular weight excluding hydrogens is 905 g/mol. The Kier molecular flexibility index (Phi) is 27.1. The number of carbonyl (C=O) groups excluding carboxylic acids is 8. The van der Waals surface area contributed by atoms with E-state index in [1.165, 1.54) is 13.8 Å². The molecule has 8 amide bonds. The number of nitrogens with one attached hydrogen (secondary N) is 9. The SMILES string of the molecule is CC[C@H](C)[C@H](NC(=O)[C@H](Cc1ccccc1)NC(=O)[C@@H](NC(=O)[C@H](CO)NC(=O)[C@H](CO)NC(=O)[C@H](C)NC(=O)[C@@H](NC(=O)[C@@H]([NH3+])CCCNC(N)N)C(C)C)C(C)C)C(=O)N[C@H](C(=O)O)[C@@H](C)O. The van der Waals surface area contributed by atoms with Crippen molar-refractivity contribution in [1.29, 1.82) is 0 Å². The van der Waals surface area contributed by atoms with E-state index >= 15 is 0 Å². The van der Waals surface area contributed by atoms with Crippen molar-refractivity contribution in [3.05, 3.63) is 35.9 Å². The van der Waals surface area contributed by atoms with Crippen LogP contribution in [0.3, 0.4) is 0 Å². The number of hydrogen-bond acceptors (Lipinski definition) is 15. The predicted molar refractivity (Wildman–Crippen MR) is 250 cm³/mol. The van der Waals surface area contributed by atoms with E-state index in [9.17, 15) is 63.6 Å². The second-order valence-corrected chi connectivity index (χ2v) is 17.7. The molecule has 11 atom stereocenters. The summed E-state index contributed by atoms with van der Waals surface area (Å²) in [6.07, 6.45) is -1.04. The minimum absolute atomic E-state index is 0.0970. The maximum absolute atomic E-state index is 14.0. The van der Waals surface area contributed by atoms with Crippen LogP contribution >= 0.6 is 0 Å². The topological polar surface area (TPSA) is 422 Å². The molecule has 0 radical (unpaired) electrons. The molecule has 25 heteroatoms. The van der Waals surface area contributed by atoms with E-state index in [0.717, 1.165) is 0 Å². The molecule has 0 aromatic heterocycles. The highest BCUT2D eigenvalue weighted by Gasteiger charge is 2.37. The molecule has 20 N–H and O–H groups in total. The van der Waals surface area contributed by atoms with Crippen molar-refractivity contribution >= 4 is 53.2 Å². The molecule has 390 valence electrons. The van der Waals surface area contributed by atoms with Gasteiger partial charge in [0.05, 0.1) is 19.3 Å². The Morgan fingerprint density at radius 3 is 1.49 bits per heavy atom. The molecule has 0 heterocycles. The lowest BCUT2D eigenvalue weighted by atomic mass is 9.96. The van der Waals surface area contributed by atoms with Gasteiger partial charge in [0.1, 0.15) is 48.6 Å².